The fourth-order valence-electron chi connectivity index (χ4n) is 5.82. The van der Waals surface area contributed by atoms with Crippen LogP contribution in [-0.2, 0) is 24.8 Å². The van der Waals surface area contributed by atoms with Crippen LogP contribution >= 0.6 is 0 Å². The van der Waals surface area contributed by atoms with Gasteiger partial charge in [0.05, 0.1) is 24.9 Å². The standard InChI is InChI=1S/C32H35N11O3/c1-41-15-23(36-19-41)12-13-34-32-39-29(35-14-24(21-8-4-2-5-9-21)22-10-6-3-7-11-22)26-30(40-32)43(20-37-26)31-28(45)27(44)25(46-31)16-42-18-33-17-38-42/h2-11,15,17-20,24-25,27-28,31,44-45H,12-14,16H2,1H3,(H2,34,35,39,40)/t25-,27-,28-,31-/m1/s1. The van der Waals surface area contributed by atoms with Crippen LogP contribution in [0.1, 0.15) is 29.0 Å². The number of rotatable bonds is 12. The first-order valence-electron chi connectivity index (χ1n) is 15.2. The molecular weight excluding hydrogens is 586 g/mol. The Morgan fingerprint density at radius 2 is 1.65 bits per heavy atom. The maximum atomic E-state index is 11.1. The first kappa shape index (κ1) is 29.5. The van der Waals surface area contributed by atoms with Crippen molar-refractivity contribution in [2.24, 2.45) is 7.05 Å². The second kappa shape index (κ2) is 13.0. The van der Waals surface area contributed by atoms with Crippen LogP contribution in [0.3, 0.4) is 0 Å². The fraction of sp³-hybridized carbons (Fsp3) is 0.312. The molecule has 46 heavy (non-hydrogen) atoms. The number of hydrogen-bond donors (Lipinski definition) is 4. The number of ether oxygens (including phenoxy) is 1. The van der Waals surface area contributed by atoms with Gasteiger partial charge >= 0.3 is 0 Å². The zero-order valence-corrected chi connectivity index (χ0v) is 25.2. The summed E-state index contributed by atoms with van der Waals surface area (Å²) in [6, 6.07) is 20.6. The number of fused-ring (bicyclic) bond motifs is 1. The number of benzene rings is 2. The van der Waals surface area contributed by atoms with Gasteiger partial charge in [0.2, 0.25) is 5.95 Å². The van der Waals surface area contributed by atoms with Gasteiger partial charge in [-0.05, 0) is 11.1 Å². The van der Waals surface area contributed by atoms with Crippen molar-refractivity contribution in [3.05, 3.63) is 109 Å². The monoisotopic (exact) mass is 621 g/mol. The molecule has 0 radical (unpaired) electrons. The van der Waals surface area contributed by atoms with Gasteiger partial charge in [0.1, 0.15) is 31.0 Å². The molecule has 5 heterocycles. The smallest absolute Gasteiger partial charge is 0.226 e. The summed E-state index contributed by atoms with van der Waals surface area (Å²) >= 11 is 0. The van der Waals surface area contributed by atoms with E-state index in [-0.39, 0.29) is 12.5 Å². The van der Waals surface area contributed by atoms with E-state index in [4.69, 9.17) is 14.7 Å². The summed E-state index contributed by atoms with van der Waals surface area (Å²) in [5, 5.41) is 32.9. The third kappa shape index (κ3) is 6.18. The topological polar surface area (TPSA) is 166 Å². The lowest BCUT2D eigenvalue weighted by molar-refractivity contribution is -0.0402. The fourth-order valence-corrected chi connectivity index (χ4v) is 5.82. The van der Waals surface area contributed by atoms with E-state index in [9.17, 15) is 10.2 Å². The van der Waals surface area contributed by atoms with Gasteiger partial charge in [-0.3, -0.25) is 9.25 Å². The second-order valence-electron chi connectivity index (χ2n) is 11.3. The van der Waals surface area contributed by atoms with Gasteiger partial charge in [0.15, 0.2) is 23.2 Å². The van der Waals surface area contributed by atoms with E-state index < -0.39 is 24.5 Å². The van der Waals surface area contributed by atoms with Crippen molar-refractivity contribution in [1.29, 1.82) is 0 Å². The maximum Gasteiger partial charge on any atom is 0.226 e. The van der Waals surface area contributed by atoms with Crippen LogP contribution in [-0.4, -0.2) is 85.4 Å². The van der Waals surface area contributed by atoms with E-state index in [2.05, 4.69) is 54.9 Å². The number of anilines is 2. The lowest BCUT2D eigenvalue weighted by Crippen LogP contribution is -2.33. The van der Waals surface area contributed by atoms with Gasteiger partial charge in [-0.1, -0.05) is 60.7 Å². The summed E-state index contributed by atoms with van der Waals surface area (Å²) in [6.45, 7) is 1.32. The highest BCUT2D eigenvalue weighted by molar-refractivity contribution is 5.84. The van der Waals surface area contributed by atoms with Gasteiger partial charge in [0.25, 0.3) is 0 Å². The first-order chi connectivity index (χ1) is 22.5. The van der Waals surface area contributed by atoms with Crippen molar-refractivity contribution in [2.45, 2.75) is 43.4 Å². The van der Waals surface area contributed by atoms with Crippen LogP contribution in [0.25, 0.3) is 11.2 Å². The molecule has 0 unspecified atom stereocenters. The molecule has 2 aromatic carbocycles. The summed E-state index contributed by atoms with van der Waals surface area (Å²) < 4.78 is 11.3. The third-order valence-corrected chi connectivity index (χ3v) is 8.17. The quantitative estimate of drug-likeness (QED) is 0.158. The zero-order chi connectivity index (χ0) is 31.5. The number of imidazole rings is 2. The largest absolute Gasteiger partial charge is 0.387 e. The Bertz CT molecular complexity index is 1820. The van der Waals surface area contributed by atoms with Gasteiger partial charge in [-0.2, -0.15) is 15.1 Å². The van der Waals surface area contributed by atoms with Crippen LogP contribution in [0.5, 0.6) is 0 Å². The number of nitrogens with one attached hydrogen (secondary N) is 2. The van der Waals surface area contributed by atoms with Crippen LogP contribution in [0.2, 0.25) is 0 Å². The lowest BCUT2D eigenvalue weighted by atomic mass is 9.91. The molecule has 0 spiro atoms. The Morgan fingerprint density at radius 3 is 2.33 bits per heavy atom. The lowest BCUT2D eigenvalue weighted by Gasteiger charge is -2.20. The van der Waals surface area contributed by atoms with Crippen LogP contribution in [0.4, 0.5) is 11.8 Å². The van der Waals surface area contributed by atoms with E-state index in [1.54, 1.807) is 21.9 Å². The van der Waals surface area contributed by atoms with Crippen molar-refractivity contribution in [3.8, 4) is 0 Å². The Morgan fingerprint density at radius 1 is 0.891 bits per heavy atom. The van der Waals surface area contributed by atoms with Crippen molar-refractivity contribution >= 4 is 22.9 Å². The first-order valence-corrected chi connectivity index (χ1v) is 15.2. The minimum Gasteiger partial charge on any atom is -0.387 e. The van der Waals surface area contributed by atoms with Gasteiger partial charge in [0, 0.05) is 38.7 Å². The molecule has 4 atom stereocenters. The maximum absolute atomic E-state index is 11.1. The average molecular weight is 622 g/mol. The highest BCUT2D eigenvalue weighted by Gasteiger charge is 2.44. The summed E-state index contributed by atoms with van der Waals surface area (Å²) in [4.78, 5) is 22.6. The Kier molecular flexibility index (Phi) is 8.37. The second-order valence-corrected chi connectivity index (χ2v) is 11.3. The van der Waals surface area contributed by atoms with E-state index in [0.29, 0.717) is 42.4 Å². The van der Waals surface area contributed by atoms with E-state index in [1.807, 2.05) is 54.2 Å². The SMILES string of the molecule is Cn1cnc(CCNc2nc(NCC(c3ccccc3)c3ccccc3)c3ncn([C@@H]4O[C@H](Cn5cncn5)[C@@H](O)[C@H]4O)c3n2)c1. The number of aliphatic hydroxyl groups is 2. The predicted octanol–water partition coefficient (Wildman–Crippen LogP) is 2.37. The molecule has 7 rings (SSSR count). The Labute approximate surface area is 264 Å². The zero-order valence-electron chi connectivity index (χ0n) is 25.2. The van der Waals surface area contributed by atoms with Gasteiger partial charge in [-0.15, -0.1) is 0 Å². The normalized spacial score (nSPS) is 19.7. The van der Waals surface area contributed by atoms with Crippen molar-refractivity contribution in [2.75, 3.05) is 23.7 Å². The van der Waals surface area contributed by atoms with Gasteiger partial charge in [-0.25, -0.2) is 15.0 Å². The molecule has 0 aliphatic carbocycles. The van der Waals surface area contributed by atoms with E-state index in [1.165, 1.54) is 23.8 Å². The number of aromatic nitrogens is 9. The molecule has 1 fully saturated rings. The molecular formula is C32H35N11O3. The van der Waals surface area contributed by atoms with E-state index in [0.717, 1.165) is 5.69 Å². The number of hydrogen-bond acceptors (Lipinski definition) is 11. The highest BCUT2D eigenvalue weighted by atomic mass is 16.6. The van der Waals surface area contributed by atoms with E-state index >= 15 is 0 Å². The number of aliphatic hydroxyl groups excluding tert-OH is 2. The van der Waals surface area contributed by atoms with Crippen LogP contribution in [0.15, 0.2) is 92.2 Å². The average Bonchev–Trinajstić information content (AvgIpc) is 3.89. The van der Waals surface area contributed by atoms with Crippen LogP contribution in [0, 0.1) is 0 Å². The molecule has 4 aromatic heterocycles. The van der Waals surface area contributed by atoms with Crippen molar-refractivity contribution in [1.82, 2.24) is 43.8 Å². The third-order valence-electron chi connectivity index (χ3n) is 8.17. The summed E-state index contributed by atoms with van der Waals surface area (Å²) in [7, 11) is 1.94. The predicted molar refractivity (Wildman–Crippen MR) is 170 cm³/mol. The molecule has 236 valence electrons. The minimum absolute atomic E-state index is 0.0442. The Balaban J connectivity index is 1.20. The molecule has 0 saturated carbocycles. The molecule has 6 aromatic rings. The summed E-state index contributed by atoms with van der Waals surface area (Å²) in [6.07, 6.45) is 4.90. The molecule has 0 bridgehead atoms. The number of nitrogens with zero attached hydrogens (tertiary/aromatic N) is 9. The van der Waals surface area contributed by atoms with Crippen LogP contribution < -0.4 is 10.6 Å². The summed E-state index contributed by atoms with van der Waals surface area (Å²) in [5.41, 5.74) is 4.25. The minimum atomic E-state index is -1.22. The molecule has 1 aliphatic heterocycles. The molecule has 14 heteroatoms. The van der Waals surface area contributed by atoms with Crippen molar-refractivity contribution < 1.29 is 14.9 Å². The number of aryl methyl sites for hydroxylation is 1. The molecule has 14 nitrogen and oxygen atoms in total. The summed E-state index contributed by atoms with van der Waals surface area (Å²) in [5.74, 6) is 0.965. The van der Waals surface area contributed by atoms with Crippen molar-refractivity contribution in [3.63, 3.8) is 0 Å². The highest BCUT2D eigenvalue weighted by Crippen LogP contribution is 2.34. The molecule has 1 aliphatic rings. The molecule has 4 N–H and O–H groups in total. The van der Waals surface area contributed by atoms with Gasteiger partial charge < -0.3 is 30.2 Å². The molecule has 1 saturated heterocycles. The molecule has 0 amide bonds. The Hall–Kier alpha value is -5.18.